The Hall–Kier alpha value is -1.26. The van der Waals surface area contributed by atoms with E-state index in [0.717, 1.165) is 0 Å². The summed E-state index contributed by atoms with van der Waals surface area (Å²) >= 11 is 0. The maximum absolute atomic E-state index is 11.2. The zero-order valence-corrected chi connectivity index (χ0v) is 8.55. The van der Waals surface area contributed by atoms with Gasteiger partial charge in [0, 0.05) is 20.1 Å². The molecule has 0 aliphatic rings. The Balaban J connectivity index is 3.85. The predicted molar refractivity (Wildman–Crippen MR) is 50.4 cm³/mol. The smallest absolute Gasteiger partial charge is 0.317 e. The van der Waals surface area contributed by atoms with Gasteiger partial charge in [0.2, 0.25) is 5.91 Å². The molecule has 0 rings (SSSR count). The molecule has 0 heterocycles. The van der Waals surface area contributed by atoms with Crippen molar-refractivity contribution in [3.05, 3.63) is 0 Å². The summed E-state index contributed by atoms with van der Waals surface area (Å²) in [4.78, 5) is 23.4. The first-order valence-corrected chi connectivity index (χ1v) is 4.19. The van der Waals surface area contributed by atoms with Gasteiger partial charge >= 0.3 is 6.03 Å². The molecule has 13 heavy (non-hydrogen) atoms. The molecule has 0 atom stereocenters. The summed E-state index contributed by atoms with van der Waals surface area (Å²) in [5.74, 6) is -0.152. The van der Waals surface area contributed by atoms with E-state index in [-0.39, 0.29) is 24.5 Å². The molecule has 2 N–H and O–H groups in total. The van der Waals surface area contributed by atoms with E-state index in [1.807, 2.05) is 13.8 Å². The number of carbonyl (C=O) groups is 2. The molecule has 0 spiro atoms. The van der Waals surface area contributed by atoms with Crippen LogP contribution in [0.5, 0.6) is 0 Å². The van der Waals surface area contributed by atoms with Crippen molar-refractivity contribution in [3.63, 3.8) is 0 Å². The minimum absolute atomic E-state index is 0.0812. The first kappa shape index (κ1) is 11.7. The van der Waals surface area contributed by atoms with Gasteiger partial charge in [0.1, 0.15) is 6.54 Å². The normalized spacial score (nSPS) is 9.62. The monoisotopic (exact) mass is 187 g/mol. The zero-order chi connectivity index (χ0) is 10.4. The van der Waals surface area contributed by atoms with E-state index in [1.165, 1.54) is 11.9 Å². The molecule has 0 unspecified atom stereocenters. The third-order valence-corrected chi connectivity index (χ3v) is 1.39. The second-order valence-corrected chi connectivity index (χ2v) is 3.13. The molecule has 0 aromatic heterocycles. The second kappa shape index (κ2) is 5.40. The van der Waals surface area contributed by atoms with Gasteiger partial charge in [-0.2, -0.15) is 0 Å². The van der Waals surface area contributed by atoms with Crippen molar-refractivity contribution < 1.29 is 9.59 Å². The topological polar surface area (TPSA) is 61.4 Å². The first-order valence-electron chi connectivity index (χ1n) is 4.19. The highest BCUT2D eigenvalue weighted by molar-refractivity contribution is 5.83. The van der Waals surface area contributed by atoms with Gasteiger partial charge in [0.15, 0.2) is 0 Å². The summed E-state index contributed by atoms with van der Waals surface area (Å²) in [7, 11) is 3.10. The summed E-state index contributed by atoms with van der Waals surface area (Å²) in [6, 6.07) is -0.163. The molecule has 0 aromatic rings. The van der Waals surface area contributed by atoms with Gasteiger partial charge in [-0.15, -0.1) is 0 Å². The van der Waals surface area contributed by atoms with E-state index in [0.29, 0.717) is 0 Å². The van der Waals surface area contributed by atoms with E-state index in [9.17, 15) is 9.59 Å². The Morgan fingerprint density at radius 2 is 1.92 bits per heavy atom. The fourth-order valence-corrected chi connectivity index (χ4v) is 0.846. The van der Waals surface area contributed by atoms with Crippen molar-refractivity contribution >= 4 is 11.9 Å². The number of urea groups is 1. The average Bonchev–Trinajstić information content (AvgIpc) is 2.01. The largest absolute Gasteiger partial charge is 0.352 e. The Morgan fingerprint density at radius 3 is 2.31 bits per heavy atom. The maximum Gasteiger partial charge on any atom is 0.317 e. The van der Waals surface area contributed by atoms with Crippen LogP contribution in [0.3, 0.4) is 0 Å². The van der Waals surface area contributed by atoms with Crippen LogP contribution in [0, 0.1) is 0 Å². The van der Waals surface area contributed by atoms with Crippen LogP contribution in [-0.4, -0.2) is 43.5 Å². The van der Waals surface area contributed by atoms with Crippen LogP contribution in [0.25, 0.3) is 0 Å². The molecule has 0 radical (unpaired) electrons. The molecule has 0 aromatic carbocycles. The highest BCUT2D eigenvalue weighted by Gasteiger charge is 2.10. The van der Waals surface area contributed by atoms with E-state index in [4.69, 9.17) is 0 Å². The van der Waals surface area contributed by atoms with Crippen LogP contribution in [0.2, 0.25) is 0 Å². The molecular formula is C8H17N3O2. The van der Waals surface area contributed by atoms with Crippen molar-refractivity contribution in [2.24, 2.45) is 0 Å². The van der Waals surface area contributed by atoms with Gasteiger partial charge in [-0.05, 0) is 13.8 Å². The van der Waals surface area contributed by atoms with E-state index in [2.05, 4.69) is 10.6 Å². The highest BCUT2D eigenvalue weighted by Crippen LogP contribution is 1.84. The van der Waals surface area contributed by atoms with Gasteiger partial charge in [-0.25, -0.2) is 4.79 Å². The number of nitrogens with one attached hydrogen (secondary N) is 2. The summed E-state index contributed by atoms with van der Waals surface area (Å²) in [5.41, 5.74) is 0. The third-order valence-electron chi connectivity index (χ3n) is 1.39. The summed E-state index contributed by atoms with van der Waals surface area (Å²) < 4.78 is 0. The molecule has 5 nitrogen and oxygen atoms in total. The number of amides is 3. The Bertz CT molecular complexity index is 192. The molecular weight excluding hydrogens is 170 g/mol. The lowest BCUT2D eigenvalue weighted by molar-refractivity contribution is -0.121. The van der Waals surface area contributed by atoms with Crippen LogP contribution >= 0.6 is 0 Å². The highest BCUT2D eigenvalue weighted by atomic mass is 16.2. The van der Waals surface area contributed by atoms with Crippen LogP contribution in [0.4, 0.5) is 4.79 Å². The van der Waals surface area contributed by atoms with Crippen LogP contribution in [0.1, 0.15) is 13.8 Å². The molecule has 5 heteroatoms. The van der Waals surface area contributed by atoms with Crippen molar-refractivity contribution in [2.75, 3.05) is 20.6 Å². The molecule has 3 amide bonds. The quantitative estimate of drug-likeness (QED) is 0.641. The van der Waals surface area contributed by atoms with Gasteiger partial charge in [0.05, 0.1) is 0 Å². The fourth-order valence-electron chi connectivity index (χ4n) is 0.846. The third kappa shape index (κ3) is 5.05. The standard InChI is InChI=1S/C8H17N3O2/c1-6(2)10-7(12)5-11(4)8(13)9-3/h6H,5H2,1-4H3,(H,9,13)(H,10,12). The summed E-state index contributed by atoms with van der Waals surface area (Å²) in [6.45, 7) is 3.83. The number of hydrogen-bond donors (Lipinski definition) is 2. The maximum atomic E-state index is 11.2. The molecule has 0 bridgehead atoms. The van der Waals surface area contributed by atoms with Gasteiger partial charge in [-0.3, -0.25) is 4.79 Å². The summed E-state index contributed by atoms with van der Waals surface area (Å²) in [5, 5.41) is 5.12. The van der Waals surface area contributed by atoms with Crippen molar-refractivity contribution in [3.8, 4) is 0 Å². The van der Waals surface area contributed by atoms with Gasteiger partial charge < -0.3 is 15.5 Å². The average molecular weight is 187 g/mol. The Labute approximate surface area is 78.5 Å². The van der Waals surface area contributed by atoms with E-state index < -0.39 is 0 Å². The van der Waals surface area contributed by atoms with Crippen molar-refractivity contribution in [1.82, 2.24) is 15.5 Å². The lowest BCUT2D eigenvalue weighted by Crippen LogP contribution is -2.43. The summed E-state index contributed by atoms with van der Waals surface area (Å²) in [6.07, 6.45) is 0. The Kier molecular flexibility index (Phi) is 4.87. The number of nitrogens with zero attached hydrogens (tertiary/aromatic N) is 1. The first-order chi connectivity index (χ1) is 5.97. The van der Waals surface area contributed by atoms with Crippen molar-refractivity contribution in [1.29, 1.82) is 0 Å². The van der Waals surface area contributed by atoms with Gasteiger partial charge in [-0.1, -0.05) is 0 Å². The molecule has 0 aliphatic carbocycles. The van der Waals surface area contributed by atoms with Crippen LogP contribution in [0.15, 0.2) is 0 Å². The van der Waals surface area contributed by atoms with Crippen molar-refractivity contribution in [2.45, 2.75) is 19.9 Å². The SMILES string of the molecule is CNC(=O)N(C)CC(=O)NC(C)C. The van der Waals surface area contributed by atoms with Gasteiger partial charge in [0.25, 0.3) is 0 Å². The second-order valence-electron chi connectivity index (χ2n) is 3.13. The molecule has 0 saturated heterocycles. The molecule has 0 aliphatic heterocycles. The van der Waals surface area contributed by atoms with Crippen LogP contribution in [-0.2, 0) is 4.79 Å². The number of likely N-dealkylation sites (N-methyl/N-ethyl adjacent to an activating group) is 1. The lowest BCUT2D eigenvalue weighted by atomic mass is 10.4. The Morgan fingerprint density at radius 1 is 1.38 bits per heavy atom. The minimum Gasteiger partial charge on any atom is -0.352 e. The van der Waals surface area contributed by atoms with Crippen LogP contribution < -0.4 is 10.6 Å². The lowest BCUT2D eigenvalue weighted by Gasteiger charge is -2.16. The van der Waals surface area contributed by atoms with E-state index in [1.54, 1.807) is 7.05 Å². The molecule has 0 fully saturated rings. The predicted octanol–water partition coefficient (Wildman–Crippen LogP) is -0.218. The minimum atomic E-state index is -0.265. The van der Waals surface area contributed by atoms with E-state index >= 15 is 0 Å². The number of rotatable bonds is 3. The zero-order valence-electron chi connectivity index (χ0n) is 8.55. The number of hydrogen-bond acceptors (Lipinski definition) is 2. The molecule has 76 valence electrons. The number of carbonyl (C=O) groups excluding carboxylic acids is 2. The fraction of sp³-hybridized carbons (Fsp3) is 0.750. The molecule has 0 saturated carbocycles.